The molecule has 6 nitrogen and oxygen atoms in total. The van der Waals surface area contributed by atoms with Crippen molar-refractivity contribution in [3.8, 4) is 0 Å². The largest absolute Gasteiger partial charge is 0.348 e. The number of carbonyl (C=O) groups is 1. The first-order valence-electron chi connectivity index (χ1n) is 7.16. The van der Waals surface area contributed by atoms with Crippen molar-refractivity contribution < 1.29 is 4.79 Å². The predicted octanol–water partition coefficient (Wildman–Crippen LogP) is 0.731. The van der Waals surface area contributed by atoms with Crippen molar-refractivity contribution in [3.63, 3.8) is 0 Å². The second-order valence-electron chi connectivity index (χ2n) is 5.84. The fourth-order valence-corrected chi connectivity index (χ4v) is 2.84. The van der Waals surface area contributed by atoms with E-state index in [2.05, 4.69) is 27.9 Å². The van der Waals surface area contributed by atoms with Gasteiger partial charge in [-0.05, 0) is 18.8 Å². The van der Waals surface area contributed by atoms with Crippen LogP contribution in [0.3, 0.4) is 0 Å². The summed E-state index contributed by atoms with van der Waals surface area (Å²) in [6.45, 7) is 4.06. The maximum Gasteiger partial charge on any atom is 0.273 e. The number of nitrogens with zero attached hydrogens (tertiary/aromatic N) is 3. The number of hydrogen-bond acceptors (Lipinski definition) is 4. The van der Waals surface area contributed by atoms with Gasteiger partial charge in [0.1, 0.15) is 0 Å². The molecule has 6 heteroatoms. The fraction of sp³-hybridized carbons (Fsp3) is 0.769. The number of carbonyl (C=O) groups excluding carboxylic acids is 1. The highest BCUT2D eigenvalue weighted by atomic mass is 16.2. The Balaban J connectivity index is 1.58. The molecule has 0 bridgehead atoms. The van der Waals surface area contributed by atoms with Crippen LogP contribution in [0.2, 0.25) is 0 Å². The lowest BCUT2D eigenvalue weighted by Gasteiger charge is -2.27. The van der Waals surface area contributed by atoms with Gasteiger partial charge in [-0.15, -0.1) is 5.10 Å². The molecule has 2 N–H and O–H groups in total. The second kappa shape index (κ2) is 5.28. The molecule has 2 aliphatic rings. The van der Waals surface area contributed by atoms with Crippen LogP contribution in [0.15, 0.2) is 6.20 Å². The van der Waals surface area contributed by atoms with Crippen LogP contribution < -0.4 is 10.6 Å². The van der Waals surface area contributed by atoms with Gasteiger partial charge in [-0.25, -0.2) is 4.68 Å². The predicted molar refractivity (Wildman–Crippen MR) is 70.8 cm³/mol. The molecule has 104 valence electrons. The molecule has 0 aromatic carbocycles. The van der Waals surface area contributed by atoms with Gasteiger partial charge in [0.15, 0.2) is 5.69 Å². The molecule has 2 unspecified atom stereocenters. The minimum absolute atomic E-state index is 0.0855. The molecule has 19 heavy (non-hydrogen) atoms. The van der Waals surface area contributed by atoms with Crippen LogP contribution in [0.1, 0.15) is 49.1 Å². The van der Waals surface area contributed by atoms with Gasteiger partial charge in [0.25, 0.3) is 5.91 Å². The van der Waals surface area contributed by atoms with Crippen molar-refractivity contribution in [2.45, 2.75) is 44.7 Å². The number of aromatic nitrogens is 3. The molecule has 1 saturated carbocycles. The Labute approximate surface area is 112 Å². The van der Waals surface area contributed by atoms with Gasteiger partial charge >= 0.3 is 0 Å². The zero-order valence-electron chi connectivity index (χ0n) is 11.3. The van der Waals surface area contributed by atoms with Gasteiger partial charge in [-0.2, -0.15) is 0 Å². The summed E-state index contributed by atoms with van der Waals surface area (Å²) < 4.78 is 1.79. The number of amides is 1. The highest BCUT2D eigenvalue weighted by Crippen LogP contribution is 2.23. The minimum atomic E-state index is -0.0855. The number of hydrogen-bond donors (Lipinski definition) is 2. The van der Waals surface area contributed by atoms with Crippen LogP contribution in [0, 0.1) is 5.92 Å². The maximum atomic E-state index is 12.1. The summed E-state index contributed by atoms with van der Waals surface area (Å²) in [7, 11) is 0. The van der Waals surface area contributed by atoms with E-state index in [-0.39, 0.29) is 5.91 Å². The molecule has 1 amide bonds. The van der Waals surface area contributed by atoms with Gasteiger partial charge in [-0.3, -0.25) is 4.79 Å². The van der Waals surface area contributed by atoms with E-state index in [0.717, 1.165) is 25.9 Å². The third-order valence-electron chi connectivity index (χ3n) is 4.15. The normalized spacial score (nSPS) is 27.8. The summed E-state index contributed by atoms with van der Waals surface area (Å²) in [5, 5.41) is 14.3. The van der Waals surface area contributed by atoms with E-state index >= 15 is 0 Å². The minimum Gasteiger partial charge on any atom is -0.348 e. The first-order valence-corrected chi connectivity index (χ1v) is 7.16. The van der Waals surface area contributed by atoms with E-state index in [1.807, 2.05) is 0 Å². The van der Waals surface area contributed by atoms with Gasteiger partial charge < -0.3 is 10.6 Å². The summed E-state index contributed by atoms with van der Waals surface area (Å²) in [4.78, 5) is 12.1. The van der Waals surface area contributed by atoms with Crippen LogP contribution in [0.4, 0.5) is 0 Å². The Bertz CT molecular complexity index is 454. The standard InChI is InChI=1S/C13H21N5O/c1-9-3-2-4-10(5-9)15-13(19)12-8-18(17-16-12)11-6-14-7-11/h8-11,14H,2-7H2,1H3,(H,15,19). The quantitative estimate of drug-likeness (QED) is 0.843. The first kappa shape index (κ1) is 12.6. The SMILES string of the molecule is CC1CCCC(NC(=O)c2cn(C3CNC3)nn2)C1. The van der Waals surface area contributed by atoms with Crippen LogP contribution in [0.5, 0.6) is 0 Å². The van der Waals surface area contributed by atoms with Crippen LogP contribution in [0.25, 0.3) is 0 Å². The zero-order chi connectivity index (χ0) is 13.2. The summed E-state index contributed by atoms with van der Waals surface area (Å²) in [6.07, 6.45) is 6.39. The van der Waals surface area contributed by atoms with E-state index in [9.17, 15) is 4.79 Å². The van der Waals surface area contributed by atoms with Crippen molar-refractivity contribution in [3.05, 3.63) is 11.9 Å². The van der Waals surface area contributed by atoms with Gasteiger partial charge in [0, 0.05) is 19.1 Å². The van der Waals surface area contributed by atoms with E-state index in [1.165, 1.54) is 12.8 Å². The van der Waals surface area contributed by atoms with Crippen molar-refractivity contribution in [1.29, 1.82) is 0 Å². The monoisotopic (exact) mass is 263 g/mol. The maximum absolute atomic E-state index is 12.1. The van der Waals surface area contributed by atoms with Crippen molar-refractivity contribution >= 4 is 5.91 Å². The molecule has 2 heterocycles. The molecule has 3 rings (SSSR count). The lowest BCUT2D eigenvalue weighted by Crippen LogP contribution is -2.43. The second-order valence-corrected chi connectivity index (χ2v) is 5.84. The first-order chi connectivity index (χ1) is 9.22. The highest BCUT2D eigenvalue weighted by Gasteiger charge is 2.24. The van der Waals surface area contributed by atoms with Crippen LogP contribution in [-0.4, -0.2) is 40.0 Å². The van der Waals surface area contributed by atoms with Crippen LogP contribution >= 0.6 is 0 Å². The molecular formula is C13H21N5O. The van der Waals surface area contributed by atoms with E-state index in [0.29, 0.717) is 23.7 Å². The summed E-state index contributed by atoms with van der Waals surface area (Å²) in [6, 6.07) is 0.649. The Morgan fingerprint density at radius 2 is 2.32 bits per heavy atom. The summed E-state index contributed by atoms with van der Waals surface area (Å²) in [5.74, 6) is 0.619. The Morgan fingerprint density at radius 1 is 1.47 bits per heavy atom. The lowest BCUT2D eigenvalue weighted by atomic mass is 9.87. The van der Waals surface area contributed by atoms with Gasteiger partial charge in [-0.1, -0.05) is 25.0 Å². The Kier molecular flexibility index (Phi) is 3.50. The molecule has 0 radical (unpaired) electrons. The van der Waals surface area contributed by atoms with Crippen molar-refractivity contribution in [1.82, 2.24) is 25.6 Å². The van der Waals surface area contributed by atoms with Crippen molar-refractivity contribution in [2.24, 2.45) is 5.92 Å². The molecule has 1 aromatic heterocycles. The smallest absolute Gasteiger partial charge is 0.273 e. The average molecular weight is 263 g/mol. The Morgan fingerprint density at radius 3 is 3.00 bits per heavy atom. The van der Waals surface area contributed by atoms with E-state index in [4.69, 9.17) is 0 Å². The molecule has 1 saturated heterocycles. The third-order valence-corrected chi connectivity index (χ3v) is 4.15. The zero-order valence-corrected chi connectivity index (χ0v) is 11.3. The van der Waals surface area contributed by atoms with Gasteiger partial charge in [0.05, 0.1) is 12.2 Å². The molecule has 1 aromatic rings. The number of nitrogens with one attached hydrogen (secondary N) is 2. The third kappa shape index (κ3) is 2.78. The summed E-state index contributed by atoms with van der Waals surface area (Å²) >= 11 is 0. The average Bonchev–Trinajstić information content (AvgIpc) is 2.76. The molecule has 2 atom stereocenters. The van der Waals surface area contributed by atoms with Gasteiger partial charge in [0.2, 0.25) is 0 Å². The Hall–Kier alpha value is -1.43. The topological polar surface area (TPSA) is 71.8 Å². The summed E-state index contributed by atoms with van der Waals surface area (Å²) in [5.41, 5.74) is 0.435. The molecular weight excluding hydrogens is 242 g/mol. The highest BCUT2D eigenvalue weighted by molar-refractivity contribution is 5.92. The molecule has 1 aliphatic heterocycles. The lowest BCUT2D eigenvalue weighted by molar-refractivity contribution is 0.0916. The van der Waals surface area contributed by atoms with Crippen LogP contribution in [-0.2, 0) is 0 Å². The molecule has 1 aliphatic carbocycles. The van der Waals surface area contributed by atoms with E-state index < -0.39 is 0 Å². The molecule has 0 spiro atoms. The number of rotatable bonds is 3. The fourth-order valence-electron chi connectivity index (χ4n) is 2.84. The van der Waals surface area contributed by atoms with E-state index in [1.54, 1.807) is 10.9 Å². The molecule has 2 fully saturated rings. The van der Waals surface area contributed by atoms with Crippen molar-refractivity contribution in [2.75, 3.05) is 13.1 Å².